The number of hydrogen-bond donors (Lipinski definition) is 0. The number of carbonyl (C=O) groups excluding carboxylic acids is 6. The second-order valence-electron chi connectivity index (χ2n) is 10.6. The second-order valence-corrected chi connectivity index (χ2v) is 10.6. The van der Waals surface area contributed by atoms with E-state index in [1.807, 2.05) is 0 Å². The van der Waals surface area contributed by atoms with E-state index in [2.05, 4.69) is 6.58 Å². The van der Waals surface area contributed by atoms with E-state index in [4.69, 9.17) is 47.4 Å². The van der Waals surface area contributed by atoms with E-state index in [1.54, 1.807) is 30.3 Å². The summed E-state index contributed by atoms with van der Waals surface area (Å²) in [7, 11) is 0. The molecule has 0 N–H and O–H groups in total. The molecule has 2 heterocycles. The highest BCUT2D eigenvalue weighted by Gasteiger charge is 2.58. The third-order valence-corrected chi connectivity index (χ3v) is 6.71. The van der Waals surface area contributed by atoms with Crippen LogP contribution in [0.1, 0.15) is 47.1 Å². The molecule has 0 aliphatic carbocycles. The molecule has 1 aromatic rings. The molecular formula is C31H38O16. The molecule has 1 aromatic carbocycles. The molecule has 16 nitrogen and oxygen atoms in total. The first-order chi connectivity index (χ1) is 22.1. The van der Waals surface area contributed by atoms with Crippen molar-refractivity contribution in [1.29, 1.82) is 0 Å². The zero-order valence-corrected chi connectivity index (χ0v) is 26.8. The van der Waals surface area contributed by atoms with Crippen LogP contribution in [0.4, 0.5) is 0 Å². The fraction of sp³-hybridized carbons (Fsp3) is 0.548. The summed E-state index contributed by atoms with van der Waals surface area (Å²) in [6.45, 7) is 8.94. The first-order valence-electron chi connectivity index (χ1n) is 14.4. The highest BCUT2D eigenvalue weighted by molar-refractivity contribution is 5.69. The number of esters is 6. The SMILES string of the molecule is C=Cc1ccc(O[C@@H]2O[C@H](CO[C@H]3OC[C@](COC(C)=O)(OC(C)=O)[C@H]3OC(C)=O)[C@@H](OC(C)=O)[C@H](OC(C)=O)[C@H]2OC(C)=O)cc1. The molecular weight excluding hydrogens is 628 g/mol. The van der Waals surface area contributed by atoms with E-state index < -0.39 is 104 Å². The molecule has 0 spiro atoms. The van der Waals surface area contributed by atoms with E-state index in [9.17, 15) is 28.8 Å². The first kappa shape index (κ1) is 36.9. The molecule has 258 valence electrons. The molecule has 47 heavy (non-hydrogen) atoms. The molecule has 0 radical (unpaired) electrons. The summed E-state index contributed by atoms with van der Waals surface area (Å²) >= 11 is 0. The summed E-state index contributed by atoms with van der Waals surface area (Å²) in [5.74, 6) is -4.39. The van der Waals surface area contributed by atoms with Crippen molar-refractivity contribution >= 4 is 41.9 Å². The van der Waals surface area contributed by atoms with Gasteiger partial charge in [-0.1, -0.05) is 24.8 Å². The zero-order valence-electron chi connectivity index (χ0n) is 26.8. The lowest BCUT2D eigenvalue weighted by Crippen LogP contribution is -2.63. The van der Waals surface area contributed by atoms with Gasteiger partial charge in [-0.2, -0.15) is 0 Å². The van der Waals surface area contributed by atoms with Crippen molar-refractivity contribution in [2.75, 3.05) is 19.8 Å². The highest BCUT2D eigenvalue weighted by Crippen LogP contribution is 2.35. The molecule has 2 aliphatic rings. The average molecular weight is 667 g/mol. The van der Waals surface area contributed by atoms with Crippen LogP contribution in [0.15, 0.2) is 30.8 Å². The number of rotatable bonds is 13. The van der Waals surface area contributed by atoms with Gasteiger partial charge in [0.15, 0.2) is 24.6 Å². The Morgan fingerprint density at radius 2 is 1.34 bits per heavy atom. The number of ether oxygens (including phenoxy) is 10. The molecule has 8 atom stereocenters. The molecule has 2 aliphatic heterocycles. The van der Waals surface area contributed by atoms with Gasteiger partial charge in [-0.25, -0.2) is 0 Å². The van der Waals surface area contributed by atoms with Gasteiger partial charge in [-0.3, -0.25) is 28.8 Å². The average Bonchev–Trinajstić information content (AvgIpc) is 3.29. The lowest BCUT2D eigenvalue weighted by molar-refractivity contribution is -0.297. The van der Waals surface area contributed by atoms with E-state index in [0.29, 0.717) is 0 Å². The number of hydrogen-bond acceptors (Lipinski definition) is 16. The fourth-order valence-electron chi connectivity index (χ4n) is 4.96. The maximum Gasteiger partial charge on any atom is 0.303 e. The van der Waals surface area contributed by atoms with Gasteiger partial charge < -0.3 is 47.4 Å². The van der Waals surface area contributed by atoms with Gasteiger partial charge in [0.25, 0.3) is 0 Å². The highest BCUT2D eigenvalue weighted by atomic mass is 16.8. The van der Waals surface area contributed by atoms with Crippen LogP contribution in [0.3, 0.4) is 0 Å². The molecule has 0 amide bonds. The minimum atomic E-state index is -1.78. The van der Waals surface area contributed by atoms with Gasteiger partial charge in [0.05, 0.1) is 13.2 Å². The lowest BCUT2D eigenvalue weighted by Gasteiger charge is -2.44. The molecule has 16 heteroatoms. The van der Waals surface area contributed by atoms with Gasteiger partial charge in [0.1, 0.15) is 18.5 Å². The van der Waals surface area contributed by atoms with Crippen LogP contribution >= 0.6 is 0 Å². The summed E-state index contributed by atoms with van der Waals surface area (Å²) in [5, 5.41) is 0. The van der Waals surface area contributed by atoms with Crippen molar-refractivity contribution in [3.63, 3.8) is 0 Å². The predicted molar refractivity (Wildman–Crippen MR) is 155 cm³/mol. The Kier molecular flexibility index (Phi) is 12.8. The Balaban J connectivity index is 1.98. The Labute approximate surface area is 270 Å². The summed E-state index contributed by atoms with van der Waals surface area (Å²) in [4.78, 5) is 72.3. The maximum absolute atomic E-state index is 12.2. The van der Waals surface area contributed by atoms with E-state index in [-0.39, 0.29) is 5.75 Å². The predicted octanol–water partition coefficient (Wildman–Crippen LogP) is 1.40. The molecule has 0 unspecified atom stereocenters. The van der Waals surface area contributed by atoms with Crippen molar-refractivity contribution in [1.82, 2.24) is 0 Å². The zero-order chi connectivity index (χ0) is 34.9. The summed E-state index contributed by atoms with van der Waals surface area (Å²) < 4.78 is 56.2. The van der Waals surface area contributed by atoms with Crippen LogP contribution in [0.25, 0.3) is 6.08 Å². The van der Waals surface area contributed by atoms with Crippen molar-refractivity contribution in [2.24, 2.45) is 0 Å². The topological polar surface area (TPSA) is 195 Å². The van der Waals surface area contributed by atoms with Crippen LogP contribution in [0.2, 0.25) is 0 Å². The van der Waals surface area contributed by atoms with E-state index in [0.717, 1.165) is 47.1 Å². The number of carbonyl (C=O) groups is 6. The van der Waals surface area contributed by atoms with Crippen molar-refractivity contribution in [2.45, 2.75) is 90.2 Å². The van der Waals surface area contributed by atoms with Crippen molar-refractivity contribution in [3.8, 4) is 5.75 Å². The van der Waals surface area contributed by atoms with Gasteiger partial charge in [0, 0.05) is 41.5 Å². The monoisotopic (exact) mass is 666 g/mol. The Morgan fingerprint density at radius 3 is 1.87 bits per heavy atom. The summed E-state index contributed by atoms with van der Waals surface area (Å²) in [5.41, 5.74) is -0.990. The second kappa shape index (κ2) is 16.3. The molecule has 2 saturated heterocycles. The van der Waals surface area contributed by atoms with E-state index >= 15 is 0 Å². The standard InChI is InChI=1S/C31H38O16/c1-8-22-9-11-23(12-10-22)45-29-27(43-19(5)35)26(42-18(4)34)25(41-17(3)33)24(46-29)13-38-30-28(44-20(6)36)31(15-40-30,47-21(7)37)14-39-16(2)32/h8-12,24-30H,1,13-15H2,2-7H3/t24-,25-,26+,27-,28+,29-,30+,31+/m1/s1. The largest absolute Gasteiger partial charge is 0.461 e. The minimum absolute atomic E-state index is 0.274. The lowest BCUT2D eigenvalue weighted by atomic mass is 9.97. The Morgan fingerprint density at radius 1 is 0.766 bits per heavy atom. The molecule has 0 bridgehead atoms. The Hall–Kier alpha value is -4.54. The fourth-order valence-corrected chi connectivity index (χ4v) is 4.96. The van der Waals surface area contributed by atoms with Crippen LogP contribution in [-0.2, 0) is 71.4 Å². The van der Waals surface area contributed by atoms with Crippen LogP contribution < -0.4 is 4.74 Å². The summed E-state index contributed by atoms with van der Waals surface area (Å²) in [6, 6.07) is 6.61. The van der Waals surface area contributed by atoms with Gasteiger partial charge >= 0.3 is 35.8 Å². The number of benzene rings is 1. The molecule has 0 aromatic heterocycles. The summed E-state index contributed by atoms with van der Waals surface area (Å²) in [6.07, 6.45) is -8.26. The molecule has 2 fully saturated rings. The maximum atomic E-state index is 12.2. The van der Waals surface area contributed by atoms with Crippen molar-refractivity contribution in [3.05, 3.63) is 36.4 Å². The van der Waals surface area contributed by atoms with Gasteiger partial charge in [-0.15, -0.1) is 0 Å². The molecule has 3 rings (SSSR count). The van der Waals surface area contributed by atoms with Crippen molar-refractivity contribution < 1.29 is 76.1 Å². The Bertz CT molecular complexity index is 1330. The van der Waals surface area contributed by atoms with Crippen LogP contribution in [0.5, 0.6) is 5.75 Å². The minimum Gasteiger partial charge on any atom is -0.461 e. The molecule has 0 saturated carbocycles. The van der Waals surface area contributed by atoms with Gasteiger partial charge in [-0.05, 0) is 17.7 Å². The third kappa shape index (κ3) is 10.2. The smallest absolute Gasteiger partial charge is 0.303 e. The quantitative estimate of drug-likeness (QED) is 0.216. The first-order valence-corrected chi connectivity index (χ1v) is 14.4. The third-order valence-electron chi connectivity index (χ3n) is 6.71. The normalized spacial score (nSPS) is 28.3. The van der Waals surface area contributed by atoms with Gasteiger partial charge in [0.2, 0.25) is 18.0 Å². The van der Waals surface area contributed by atoms with Crippen LogP contribution in [-0.4, -0.2) is 104 Å². The van der Waals surface area contributed by atoms with E-state index in [1.165, 1.54) is 0 Å². The van der Waals surface area contributed by atoms with Crippen LogP contribution in [0, 0.1) is 0 Å².